The largest absolute Gasteiger partial charge is 0.324 e. The van der Waals surface area contributed by atoms with E-state index in [0.29, 0.717) is 6.04 Å². The maximum Gasteiger partial charge on any atom is 0.0284 e. The van der Waals surface area contributed by atoms with Crippen molar-refractivity contribution < 1.29 is 0 Å². The second-order valence-electron chi connectivity index (χ2n) is 5.04. The zero-order valence-electron chi connectivity index (χ0n) is 10.1. The van der Waals surface area contributed by atoms with E-state index in [-0.39, 0.29) is 5.54 Å². The lowest BCUT2D eigenvalue weighted by atomic mass is 10.2. The van der Waals surface area contributed by atoms with Gasteiger partial charge in [-0.05, 0) is 40.4 Å². The van der Waals surface area contributed by atoms with Gasteiger partial charge in [0, 0.05) is 24.7 Å². The second-order valence-corrected chi connectivity index (χ2v) is 5.04. The highest BCUT2D eigenvalue weighted by molar-refractivity contribution is 5.01. The van der Waals surface area contributed by atoms with Gasteiger partial charge in [-0.1, -0.05) is 6.92 Å². The Labute approximate surface area is 88.2 Å². The van der Waals surface area contributed by atoms with E-state index in [1.54, 1.807) is 0 Å². The second kappa shape index (κ2) is 4.60. The minimum absolute atomic E-state index is 0.149. The first-order valence-corrected chi connectivity index (χ1v) is 5.64. The minimum atomic E-state index is 0.149. The molecular weight excluding hydrogens is 174 g/mol. The fraction of sp³-hybridized carbons (Fsp3) is 1.00. The van der Waals surface area contributed by atoms with Crippen molar-refractivity contribution in [1.82, 2.24) is 9.80 Å². The molecule has 0 bridgehead atoms. The Bertz CT molecular complexity index is 175. The molecule has 1 fully saturated rings. The van der Waals surface area contributed by atoms with E-state index in [4.69, 9.17) is 5.73 Å². The number of rotatable bonds is 6. The van der Waals surface area contributed by atoms with E-state index in [1.807, 2.05) is 0 Å². The van der Waals surface area contributed by atoms with Crippen LogP contribution in [0, 0.1) is 0 Å². The third-order valence-corrected chi connectivity index (χ3v) is 3.07. The lowest BCUT2D eigenvalue weighted by Crippen LogP contribution is -2.47. The summed E-state index contributed by atoms with van der Waals surface area (Å²) in [6.07, 6.45) is 2.41. The van der Waals surface area contributed by atoms with Crippen molar-refractivity contribution in [3.63, 3.8) is 0 Å². The van der Waals surface area contributed by atoms with Gasteiger partial charge in [0.1, 0.15) is 0 Å². The molecular formula is C11H25N3. The normalized spacial score (nSPS) is 21.6. The van der Waals surface area contributed by atoms with Gasteiger partial charge in [-0.25, -0.2) is 0 Å². The van der Waals surface area contributed by atoms with Gasteiger partial charge in [0.05, 0.1) is 0 Å². The molecule has 3 heteroatoms. The Morgan fingerprint density at radius 3 is 2.29 bits per heavy atom. The van der Waals surface area contributed by atoms with Gasteiger partial charge in [0.15, 0.2) is 0 Å². The van der Waals surface area contributed by atoms with E-state index in [0.717, 1.165) is 19.6 Å². The number of hydrogen-bond acceptors (Lipinski definition) is 3. The Morgan fingerprint density at radius 2 is 1.93 bits per heavy atom. The fourth-order valence-corrected chi connectivity index (χ4v) is 1.95. The molecule has 0 heterocycles. The van der Waals surface area contributed by atoms with Crippen LogP contribution in [0.2, 0.25) is 0 Å². The molecule has 0 amide bonds. The number of likely N-dealkylation sites (N-methyl/N-ethyl adjacent to an activating group) is 2. The summed E-state index contributed by atoms with van der Waals surface area (Å²) in [6.45, 7) is 7.80. The smallest absolute Gasteiger partial charge is 0.0284 e. The van der Waals surface area contributed by atoms with Gasteiger partial charge in [-0.15, -0.1) is 0 Å². The highest BCUT2D eigenvalue weighted by Crippen LogP contribution is 2.33. The van der Waals surface area contributed by atoms with Gasteiger partial charge in [0.25, 0.3) is 0 Å². The predicted octanol–water partition coefficient (Wildman–Crippen LogP) is 0.750. The standard InChI is InChI=1S/C11H25N3/c1-5-14(9-11(12)6-7-11)10(2)8-13(3)4/h10H,5-9,12H2,1-4H3. The van der Waals surface area contributed by atoms with Crippen LogP contribution in [-0.2, 0) is 0 Å². The molecule has 2 N–H and O–H groups in total. The molecule has 1 rings (SSSR count). The topological polar surface area (TPSA) is 32.5 Å². The summed E-state index contributed by atoms with van der Waals surface area (Å²) in [6, 6.07) is 0.607. The van der Waals surface area contributed by atoms with Gasteiger partial charge >= 0.3 is 0 Å². The summed E-state index contributed by atoms with van der Waals surface area (Å²) in [4.78, 5) is 4.73. The van der Waals surface area contributed by atoms with Crippen LogP contribution in [0.4, 0.5) is 0 Å². The average molecular weight is 199 g/mol. The van der Waals surface area contributed by atoms with Crippen molar-refractivity contribution in [2.75, 3.05) is 33.7 Å². The Hall–Kier alpha value is -0.120. The molecule has 1 unspecified atom stereocenters. The van der Waals surface area contributed by atoms with Gasteiger partial charge in [-0.2, -0.15) is 0 Å². The van der Waals surface area contributed by atoms with Crippen molar-refractivity contribution in [3.8, 4) is 0 Å². The third-order valence-electron chi connectivity index (χ3n) is 3.07. The molecule has 1 atom stereocenters. The van der Waals surface area contributed by atoms with Crippen LogP contribution in [0.1, 0.15) is 26.7 Å². The third kappa shape index (κ3) is 3.56. The summed E-state index contributed by atoms with van der Waals surface area (Å²) < 4.78 is 0. The summed E-state index contributed by atoms with van der Waals surface area (Å²) >= 11 is 0. The molecule has 3 nitrogen and oxygen atoms in total. The van der Waals surface area contributed by atoms with Crippen LogP contribution in [0.25, 0.3) is 0 Å². The Balaban J connectivity index is 2.36. The van der Waals surface area contributed by atoms with Crippen LogP contribution in [0.5, 0.6) is 0 Å². The molecule has 0 aromatic carbocycles. The van der Waals surface area contributed by atoms with E-state index in [1.165, 1.54) is 12.8 Å². The van der Waals surface area contributed by atoms with Crippen LogP contribution in [0.15, 0.2) is 0 Å². The number of nitrogens with zero attached hydrogens (tertiary/aromatic N) is 2. The molecule has 0 aromatic rings. The Kier molecular flexibility index (Phi) is 3.93. The first kappa shape index (κ1) is 12.0. The quantitative estimate of drug-likeness (QED) is 0.685. The van der Waals surface area contributed by atoms with Crippen molar-refractivity contribution >= 4 is 0 Å². The molecule has 0 radical (unpaired) electrons. The van der Waals surface area contributed by atoms with E-state index < -0.39 is 0 Å². The van der Waals surface area contributed by atoms with Crippen LogP contribution in [0.3, 0.4) is 0 Å². The fourth-order valence-electron chi connectivity index (χ4n) is 1.95. The highest BCUT2D eigenvalue weighted by Gasteiger charge is 2.40. The summed E-state index contributed by atoms with van der Waals surface area (Å²) in [7, 11) is 4.25. The lowest BCUT2D eigenvalue weighted by molar-refractivity contribution is 0.168. The zero-order chi connectivity index (χ0) is 10.8. The SMILES string of the molecule is CCN(CC1(N)CC1)C(C)CN(C)C. The zero-order valence-corrected chi connectivity index (χ0v) is 10.1. The van der Waals surface area contributed by atoms with Crippen molar-refractivity contribution in [3.05, 3.63) is 0 Å². The minimum Gasteiger partial charge on any atom is -0.324 e. The van der Waals surface area contributed by atoms with Gasteiger partial charge in [-0.3, -0.25) is 4.90 Å². The number of nitrogens with two attached hydrogens (primary N) is 1. The molecule has 0 aliphatic heterocycles. The monoisotopic (exact) mass is 199 g/mol. The van der Waals surface area contributed by atoms with Gasteiger partial charge < -0.3 is 10.6 Å². The maximum atomic E-state index is 6.14. The van der Waals surface area contributed by atoms with Crippen LogP contribution in [-0.4, -0.2) is 55.1 Å². The number of hydrogen-bond donors (Lipinski definition) is 1. The predicted molar refractivity (Wildman–Crippen MR) is 61.4 cm³/mol. The molecule has 1 aliphatic rings. The molecule has 0 spiro atoms. The average Bonchev–Trinajstić information content (AvgIpc) is 2.79. The van der Waals surface area contributed by atoms with E-state index in [2.05, 4.69) is 37.7 Å². The molecule has 84 valence electrons. The summed E-state index contributed by atoms with van der Waals surface area (Å²) in [5, 5.41) is 0. The van der Waals surface area contributed by atoms with Crippen molar-refractivity contribution in [2.45, 2.75) is 38.3 Å². The summed E-state index contributed by atoms with van der Waals surface area (Å²) in [5.74, 6) is 0. The lowest BCUT2D eigenvalue weighted by Gasteiger charge is -2.32. The molecule has 14 heavy (non-hydrogen) atoms. The summed E-state index contributed by atoms with van der Waals surface area (Å²) in [5.41, 5.74) is 6.29. The maximum absolute atomic E-state index is 6.14. The van der Waals surface area contributed by atoms with Crippen LogP contribution >= 0.6 is 0 Å². The van der Waals surface area contributed by atoms with Crippen molar-refractivity contribution in [2.24, 2.45) is 5.73 Å². The van der Waals surface area contributed by atoms with Crippen molar-refractivity contribution in [1.29, 1.82) is 0 Å². The highest BCUT2D eigenvalue weighted by atomic mass is 15.2. The molecule has 0 saturated heterocycles. The van der Waals surface area contributed by atoms with E-state index >= 15 is 0 Å². The van der Waals surface area contributed by atoms with Gasteiger partial charge in [0.2, 0.25) is 0 Å². The first-order valence-electron chi connectivity index (χ1n) is 5.64. The first-order chi connectivity index (χ1) is 6.47. The Morgan fingerprint density at radius 1 is 1.36 bits per heavy atom. The molecule has 1 aliphatic carbocycles. The molecule has 1 saturated carbocycles. The van der Waals surface area contributed by atoms with Crippen LogP contribution < -0.4 is 5.73 Å². The molecule has 0 aromatic heterocycles. The van der Waals surface area contributed by atoms with E-state index in [9.17, 15) is 0 Å².